The summed E-state index contributed by atoms with van der Waals surface area (Å²) in [6.07, 6.45) is 0.655. The van der Waals surface area contributed by atoms with Crippen LogP contribution in [0.25, 0.3) is 0 Å². The summed E-state index contributed by atoms with van der Waals surface area (Å²) < 4.78 is 11.2. The number of hydrogen-bond acceptors (Lipinski definition) is 4. The summed E-state index contributed by atoms with van der Waals surface area (Å²) >= 11 is 0. The fourth-order valence-corrected chi connectivity index (χ4v) is 2.30. The molecule has 2 heterocycles. The van der Waals surface area contributed by atoms with Gasteiger partial charge in [-0.2, -0.15) is 0 Å². The van der Waals surface area contributed by atoms with Gasteiger partial charge < -0.3 is 19.7 Å². The van der Waals surface area contributed by atoms with Crippen LogP contribution >= 0.6 is 0 Å². The van der Waals surface area contributed by atoms with Crippen LogP contribution in [0.1, 0.15) is 27.2 Å². The number of nitrogens with one attached hydrogen (secondary N) is 1. The van der Waals surface area contributed by atoms with Crippen molar-refractivity contribution in [1.82, 2.24) is 10.2 Å². The van der Waals surface area contributed by atoms with Gasteiger partial charge in [0, 0.05) is 19.6 Å². The van der Waals surface area contributed by atoms with Gasteiger partial charge in [0.25, 0.3) is 0 Å². The van der Waals surface area contributed by atoms with Gasteiger partial charge in [-0.1, -0.05) is 0 Å². The monoisotopic (exact) mass is 242 g/mol. The van der Waals surface area contributed by atoms with Crippen molar-refractivity contribution in [3.8, 4) is 0 Å². The van der Waals surface area contributed by atoms with Crippen LogP contribution in [-0.4, -0.2) is 55.0 Å². The number of nitrogens with zero attached hydrogens (tertiary/aromatic N) is 1. The first-order valence-corrected chi connectivity index (χ1v) is 6.23. The molecule has 0 aliphatic carbocycles. The number of ether oxygens (including phenoxy) is 2. The van der Waals surface area contributed by atoms with E-state index in [1.165, 1.54) is 0 Å². The van der Waals surface area contributed by atoms with Crippen LogP contribution in [0.3, 0.4) is 0 Å². The zero-order valence-electron chi connectivity index (χ0n) is 10.9. The van der Waals surface area contributed by atoms with Gasteiger partial charge in [-0.25, -0.2) is 4.79 Å². The zero-order valence-corrected chi connectivity index (χ0v) is 10.9. The Hall–Kier alpha value is -0.810. The number of likely N-dealkylation sites (tertiary alicyclic amines) is 1. The number of amides is 1. The van der Waals surface area contributed by atoms with Gasteiger partial charge in [0.2, 0.25) is 0 Å². The van der Waals surface area contributed by atoms with E-state index in [1.54, 1.807) is 4.90 Å². The lowest BCUT2D eigenvalue weighted by Gasteiger charge is -2.34. The number of morpholine rings is 1. The summed E-state index contributed by atoms with van der Waals surface area (Å²) in [6.45, 7) is 9.45. The van der Waals surface area contributed by atoms with Crippen molar-refractivity contribution < 1.29 is 14.3 Å². The summed E-state index contributed by atoms with van der Waals surface area (Å²) in [6, 6.07) is 0. The van der Waals surface area contributed by atoms with Crippen LogP contribution in [0.5, 0.6) is 0 Å². The predicted octanol–water partition coefficient (Wildman–Crippen LogP) is 0.986. The lowest BCUT2D eigenvalue weighted by molar-refractivity contribution is -0.0584. The van der Waals surface area contributed by atoms with E-state index in [2.05, 4.69) is 5.32 Å². The maximum absolute atomic E-state index is 11.9. The summed E-state index contributed by atoms with van der Waals surface area (Å²) in [5, 5.41) is 3.32. The minimum Gasteiger partial charge on any atom is -0.444 e. The standard InChI is InChI=1S/C12H22N2O3/c1-11(2,3)17-10(15)14-6-4-12(9-14)8-13-5-7-16-12/h13H,4-9H2,1-3H3/t12-/m1/s1. The van der Waals surface area contributed by atoms with Gasteiger partial charge in [-0.15, -0.1) is 0 Å². The van der Waals surface area contributed by atoms with Gasteiger partial charge in [0.15, 0.2) is 0 Å². The zero-order chi connectivity index (χ0) is 12.5. The topological polar surface area (TPSA) is 50.8 Å². The van der Waals surface area contributed by atoms with Crippen molar-refractivity contribution in [3.05, 3.63) is 0 Å². The van der Waals surface area contributed by atoms with Gasteiger partial charge in [0.1, 0.15) is 5.60 Å². The third-order valence-corrected chi connectivity index (χ3v) is 3.10. The molecular weight excluding hydrogens is 220 g/mol. The van der Waals surface area contributed by atoms with Gasteiger partial charge in [0.05, 0.1) is 18.8 Å². The Balaban J connectivity index is 1.91. The smallest absolute Gasteiger partial charge is 0.410 e. The lowest BCUT2D eigenvalue weighted by atomic mass is 10.0. The Kier molecular flexibility index (Phi) is 3.32. The molecule has 2 aliphatic heterocycles. The van der Waals surface area contributed by atoms with Crippen molar-refractivity contribution >= 4 is 6.09 Å². The van der Waals surface area contributed by atoms with E-state index in [-0.39, 0.29) is 11.7 Å². The van der Waals surface area contributed by atoms with E-state index in [1.807, 2.05) is 20.8 Å². The molecule has 0 radical (unpaired) electrons. The highest BCUT2D eigenvalue weighted by Crippen LogP contribution is 2.27. The molecule has 5 nitrogen and oxygen atoms in total. The molecule has 0 bridgehead atoms. The van der Waals surface area contributed by atoms with E-state index < -0.39 is 5.60 Å². The Labute approximate surface area is 102 Å². The van der Waals surface area contributed by atoms with Crippen molar-refractivity contribution in [2.75, 3.05) is 32.8 Å². The van der Waals surface area contributed by atoms with Crippen molar-refractivity contribution in [2.24, 2.45) is 0 Å². The van der Waals surface area contributed by atoms with Gasteiger partial charge in [-0.3, -0.25) is 0 Å². The predicted molar refractivity (Wildman–Crippen MR) is 64.0 cm³/mol. The van der Waals surface area contributed by atoms with Crippen LogP contribution in [0.4, 0.5) is 4.79 Å². The molecule has 2 fully saturated rings. The van der Waals surface area contributed by atoms with Crippen molar-refractivity contribution in [2.45, 2.75) is 38.4 Å². The lowest BCUT2D eigenvalue weighted by Crippen LogP contribution is -2.52. The maximum atomic E-state index is 11.9. The van der Waals surface area contributed by atoms with E-state index in [9.17, 15) is 4.79 Å². The average Bonchev–Trinajstić information content (AvgIpc) is 2.61. The molecule has 2 rings (SSSR count). The average molecular weight is 242 g/mol. The van der Waals surface area contributed by atoms with E-state index in [4.69, 9.17) is 9.47 Å². The summed E-state index contributed by atoms with van der Waals surface area (Å²) in [5.41, 5.74) is -0.617. The molecule has 2 aliphatic rings. The Morgan fingerprint density at radius 3 is 2.82 bits per heavy atom. The number of carbonyl (C=O) groups is 1. The van der Waals surface area contributed by atoms with Crippen LogP contribution in [0.15, 0.2) is 0 Å². The molecule has 2 saturated heterocycles. The molecule has 98 valence electrons. The highest BCUT2D eigenvalue weighted by atomic mass is 16.6. The summed E-state index contributed by atoms with van der Waals surface area (Å²) in [5.74, 6) is 0. The molecule has 0 aromatic rings. The molecule has 0 aromatic heterocycles. The molecule has 5 heteroatoms. The Bertz CT molecular complexity index is 293. The third kappa shape index (κ3) is 3.10. The first-order chi connectivity index (χ1) is 7.90. The van der Waals surface area contributed by atoms with E-state index >= 15 is 0 Å². The first-order valence-electron chi connectivity index (χ1n) is 6.23. The highest BCUT2D eigenvalue weighted by Gasteiger charge is 2.43. The molecule has 0 unspecified atom stereocenters. The third-order valence-electron chi connectivity index (χ3n) is 3.10. The SMILES string of the molecule is CC(C)(C)OC(=O)N1CC[C@@]2(CNCCO2)C1. The summed E-state index contributed by atoms with van der Waals surface area (Å²) in [7, 11) is 0. The molecule has 1 amide bonds. The fraction of sp³-hybridized carbons (Fsp3) is 0.917. The van der Waals surface area contributed by atoms with Crippen LogP contribution in [-0.2, 0) is 9.47 Å². The maximum Gasteiger partial charge on any atom is 0.410 e. The molecule has 1 atom stereocenters. The number of carbonyl (C=O) groups excluding carboxylic acids is 1. The van der Waals surface area contributed by atoms with Crippen LogP contribution in [0, 0.1) is 0 Å². The van der Waals surface area contributed by atoms with Gasteiger partial charge in [-0.05, 0) is 27.2 Å². The van der Waals surface area contributed by atoms with E-state index in [0.717, 1.165) is 32.7 Å². The molecule has 17 heavy (non-hydrogen) atoms. The molecule has 0 saturated carbocycles. The van der Waals surface area contributed by atoms with E-state index in [0.29, 0.717) is 6.54 Å². The molecule has 1 N–H and O–H groups in total. The second kappa shape index (κ2) is 4.46. The van der Waals surface area contributed by atoms with Crippen LogP contribution in [0.2, 0.25) is 0 Å². The normalized spacial score (nSPS) is 29.7. The minimum absolute atomic E-state index is 0.185. The molecular formula is C12H22N2O3. The van der Waals surface area contributed by atoms with Crippen molar-refractivity contribution in [1.29, 1.82) is 0 Å². The second-order valence-corrected chi connectivity index (χ2v) is 5.86. The molecule has 0 aromatic carbocycles. The first kappa shape index (κ1) is 12.6. The summed E-state index contributed by atoms with van der Waals surface area (Å²) in [4.78, 5) is 13.7. The van der Waals surface area contributed by atoms with Crippen LogP contribution < -0.4 is 5.32 Å². The van der Waals surface area contributed by atoms with Gasteiger partial charge >= 0.3 is 6.09 Å². The number of rotatable bonds is 0. The quantitative estimate of drug-likeness (QED) is 0.688. The Morgan fingerprint density at radius 1 is 1.47 bits per heavy atom. The Morgan fingerprint density at radius 2 is 2.24 bits per heavy atom. The fourth-order valence-electron chi connectivity index (χ4n) is 2.30. The largest absolute Gasteiger partial charge is 0.444 e. The number of hydrogen-bond donors (Lipinski definition) is 1. The second-order valence-electron chi connectivity index (χ2n) is 5.86. The molecule has 1 spiro atoms. The minimum atomic E-state index is -0.432. The van der Waals surface area contributed by atoms with Crippen molar-refractivity contribution in [3.63, 3.8) is 0 Å². The highest BCUT2D eigenvalue weighted by molar-refractivity contribution is 5.68.